The van der Waals surface area contributed by atoms with Crippen LogP contribution in [-0.4, -0.2) is 45.0 Å². The number of hydrogen-bond acceptors (Lipinski definition) is 6. The van der Waals surface area contributed by atoms with Crippen molar-refractivity contribution in [1.29, 1.82) is 0 Å². The normalized spacial score (nSPS) is 22.1. The number of carbonyl (C=O) groups is 1. The SMILES string of the molecule is O=C(CN1CCCC2CC(c3nc(C(Cl)(Cl)Cl)nc(C(Cl)(Cl)Cl)n3)=CC=C21)OC1CCCCC1. The number of rotatable bonds is 4. The Morgan fingerprint density at radius 3 is 2.18 bits per heavy atom. The molecule has 3 aliphatic rings. The van der Waals surface area contributed by atoms with Crippen LogP contribution in [0.5, 0.6) is 0 Å². The van der Waals surface area contributed by atoms with E-state index in [4.69, 9.17) is 74.3 Å². The molecule has 6 nitrogen and oxygen atoms in total. The fourth-order valence-corrected chi connectivity index (χ4v) is 5.21. The lowest BCUT2D eigenvalue weighted by Crippen LogP contribution is -2.39. The average Bonchev–Trinajstić information content (AvgIpc) is 2.78. The molecule has 4 rings (SSSR count). The summed E-state index contributed by atoms with van der Waals surface area (Å²) in [6.45, 7) is 1.06. The number of halogens is 6. The number of fused-ring (bicyclic) bond motifs is 1. The van der Waals surface area contributed by atoms with E-state index < -0.39 is 7.59 Å². The van der Waals surface area contributed by atoms with Crippen LogP contribution in [0.2, 0.25) is 0 Å². The number of esters is 1. The fourth-order valence-electron chi connectivity index (χ4n) is 4.70. The Labute approximate surface area is 228 Å². The maximum absolute atomic E-state index is 12.6. The zero-order valence-electron chi connectivity index (χ0n) is 18.3. The second-order valence-electron chi connectivity index (χ2n) is 8.80. The van der Waals surface area contributed by atoms with Crippen LogP contribution in [0.4, 0.5) is 0 Å². The maximum atomic E-state index is 12.6. The van der Waals surface area contributed by atoms with Crippen molar-refractivity contribution >= 4 is 81.1 Å². The fraction of sp³-hybridized carbons (Fsp3) is 0.636. The second-order valence-corrected chi connectivity index (χ2v) is 13.4. The highest BCUT2D eigenvalue weighted by Crippen LogP contribution is 2.42. The summed E-state index contributed by atoms with van der Waals surface area (Å²) in [6.07, 6.45) is 11.9. The van der Waals surface area contributed by atoms with Gasteiger partial charge in [0.05, 0.1) is 0 Å². The molecule has 2 heterocycles. The van der Waals surface area contributed by atoms with E-state index in [9.17, 15) is 4.79 Å². The van der Waals surface area contributed by atoms with Gasteiger partial charge >= 0.3 is 5.97 Å². The molecule has 1 aliphatic heterocycles. The summed E-state index contributed by atoms with van der Waals surface area (Å²) in [6, 6.07) is 0. The molecule has 1 atom stereocenters. The first-order valence-corrected chi connectivity index (χ1v) is 13.5. The van der Waals surface area contributed by atoms with Crippen molar-refractivity contribution in [3.63, 3.8) is 0 Å². The summed E-state index contributed by atoms with van der Waals surface area (Å²) in [5.41, 5.74) is 1.92. The van der Waals surface area contributed by atoms with Crippen molar-refractivity contribution in [2.24, 2.45) is 5.92 Å². The maximum Gasteiger partial charge on any atom is 0.325 e. The summed E-state index contributed by atoms with van der Waals surface area (Å²) >= 11 is 36.0. The highest BCUT2D eigenvalue weighted by atomic mass is 35.6. The van der Waals surface area contributed by atoms with Crippen LogP contribution in [0, 0.1) is 5.92 Å². The molecular formula is C22H24Cl6N4O2. The van der Waals surface area contributed by atoms with Gasteiger partial charge in [0.15, 0.2) is 17.5 Å². The smallest absolute Gasteiger partial charge is 0.325 e. The molecule has 34 heavy (non-hydrogen) atoms. The Kier molecular flexibility index (Phi) is 8.48. The summed E-state index contributed by atoms with van der Waals surface area (Å²) < 4.78 is 1.92. The monoisotopic (exact) mass is 586 g/mol. The van der Waals surface area contributed by atoms with Gasteiger partial charge in [-0.15, -0.1) is 0 Å². The number of alkyl halides is 6. The number of allylic oxidation sites excluding steroid dienone is 4. The molecule has 0 aromatic carbocycles. The molecule has 12 heteroatoms. The third kappa shape index (κ3) is 6.63. The molecule has 1 saturated carbocycles. The van der Waals surface area contributed by atoms with Crippen molar-refractivity contribution in [1.82, 2.24) is 19.9 Å². The van der Waals surface area contributed by atoms with E-state index in [1.54, 1.807) is 0 Å². The topological polar surface area (TPSA) is 68.2 Å². The van der Waals surface area contributed by atoms with E-state index in [1.807, 2.05) is 12.2 Å². The molecule has 0 bridgehead atoms. The number of likely N-dealkylation sites (tertiary alicyclic amines) is 1. The Balaban J connectivity index is 1.54. The highest BCUT2D eigenvalue weighted by molar-refractivity contribution is 6.67. The van der Waals surface area contributed by atoms with E-state index in [2.05, 4.69) is 19.9 Å². The lowest BCUT2D eigenvalue weighted by Gasteiger charge is -2.38. The van der Waals surface area contributed by atoms with Crippen LogP contribution in [0.1, 0.15) is 68.8 Å². The molecule has 0 N–H and O–H groups in total. The van der Waals surface area contributed by atoms with Gasteiger partial charge < -0.3 is 9.64 Å². The van der Waals surface area contributed by atoms with Crippen molar-refractivity contribution < 1.29 is 9.53 Å². The largest absolute Gasteiger partial charge is 0.461 e. The van der Waals surface area contributed by atoms with Crippen LogP contribution in [-0.2, 0) is 17.1 Å². The lowest BCUT2D eigenvalue weighted by molar-refractivity contribution is -0.151. The van der Waals surface area contributed by atoms with Gasteiger partial charge in [-0.3, -0.25) is 4.79 Å². The van der Waals surface area contributed by atoms with Gasteiger partial charge in [0.25, 0.3) is 0 Å². The third-order valence-corrected chi connectivity index (χ3v) is 7.30. The van der Waals surface area contributed by atoms with Gasteiger partial charge in [0.1, 0.15) is 12.6 Å². The van der Waals surface area contributed by atoms with Crippen LogP contribution in [0.15, 0.2) is 17.8 Å². The summed E-state index contributed by atoms with van der Waals surface area (Å²) in [5, 5.41) is 0. The predicted octanol–water partition coefficient (Wildman–Crippen LogP) is 6.78. The van der Waals surface area contributed by atoms with E-state index in [0.717, 1.165) is 56.3 Å². The number of hydrogen-bond donors (Lipinski definition) is 0. The van der Waals surface area contributed by atoms with Gasteiger partial charge in [-0.1, -0.05) is 82.1 Å². The molecule has 1 saturated heterocycles. The van der Waals surface area contributed by atoms with E-state index >= 15 is 0 Å². The van der Waals surface area contributed by atoms with E-state index in [-0.39, 0.29) is 36.2 Å². The Bertz CT molecular complexity index is 950. The van der Waals surface area contributed by atoms with Gasteiger partial charge in [0.2, 0.25) is 7.59 Å². The summed E-state index contributed by atoms with van der Waals surface area (Å²) in [4.78, 5) is 27.4. The summed E-state index contributed by atoms with van der Waals surface area (Å²) in [7, 11) is 0. The molecule has 2 fully saturated rings. The molecular weight excluding hydrogens is 565 g/mol. The van der Waals surface area contributed by atoms with Crippen LogP contribution >= 0.6 is 69.6 Å². The minimum Gasteiger partial charge on any atom is -0.461 e. The van der Waals surface area contributed by atoms with Crippen LogP contribution in [0.25, 0.3) is 5.57 Å². The quantitative estimate of drug-likeness (QED) is 0.285. The zero-order valence-corrected chi connectivity index (χ0v) is 22.8. The molecule has 0 radical (unpaired) electrons. The number of ether oxygens (including phenoxy) is 1. The minimum absolute atomic E-state index is 0.0525. The third-order valence-electron chi connectivity index (χ3n) is 6.29. The lowest BCUT2D eigenvalue weighted by atomic mass is 9.84. The first-order chi connectivity index (χ1) is 16.0. The molecule has 0 spiro atoms. The number of carbonyl (C=O) groups excluding carboxylic acids is 1. The Morgan fingerprint density at radius 2 is 1.56 bits per heavy atom. The van der Waals surface area contributed by atoms with E-state index in [0.29, 0.717) is 12.2 Å². The molecule has 1 aromatic heterocycles. The zero-order chi connectivity index (χ0) is 24.5. The first-order valence-electron chi connectivity index (χ1n) is 11.3. The Morgan fingerprint density at radius 1 is 0.912 bits per heavy atom. The molecule has 186 valence electrons. The van der Waals surface area contributed by atoms with Gasteiger partial charge in [-0.2, -0.15) is 0 Å². The Hall–Kier alpha value is -0.500. The van der Waals surface area contributed by atoms with Crippen molar-refractivity contribution in [3.8, 4) is 0 Å². The number of aromatic nitrogens is 3. The molecule has 2 aliphatic carbocycles. The molecule has 0 amide bonds. The van der Waals surface area contributed by atoms with Crippen molar-refractivity contribution in [2.75, 3.05) is 13.1 Å². The average molecular weight is 589 g/mol. The van der Waals surface area contributed by atoms with Gasteiger partial charge in [-0.05, 0) is 56.6 Å². The summed E-state index contributed by atoms with van der Waals surface area (Å²) in [5.74, 6) is 0.0907. The number of piperidine rings is 1. The van der Waals surface area contributed by atoms with Crippen LogP contribution < -0.4 is 0 Å². The first kappa shape index (κ1) is 26.6. The predicted molar refractivity (Wildman–Crippen MR) is 136 cm³/mol. The number of nitrogens with zero attached hydrogens (tertiary/aromatic N) is 4. The van der Waals surface area contributed by atoms with E-state index in [1.165, 1.54) is 6.42 Å². The van der Waals surface area contributed by atoms with Crippen LogP contribution in [0.3, 0.4) is 0 Å². The van der Waals surface area contributed by atoms with Crippen molar-refractivity contribution in [3.05, 3.63) is 35.3 Å². The highest BCUT2D eigenvalue weighted by Gasteiger charge is 2.36. The molecule has 1 aromatic rings. The van der Waals surface area contributed by atoms with Gasteiger partial charge in [-0.25, -0.2) is 15.0 Å². The standard InChI is InChI=1S/C22H24Cl6N4O2/c23-21(24,25)19-29-18(30-20(31-19)22(26,27)28)14-8-9-16-13(11-14)5-4-10-32(16)12-17(33)34-15-6-2-1-3-7-15/h8-9,13,15H,1-7,10-12H2. The minimum atomic E-state index is -1.90. The second kappa shape index (κ2) is 10.9. The molecule has 1 unspecified atom stereocenters. The van der Waals surface area contributed by atoms with Crippen molar-refractivity contribution in [2.45, 2.75) is 65.1 Å². The van der Waals surface area contributed by atoms with Gasteiger partial charge in [0, 0.05) is 18.2 Å².